The van der Waals surface area contributed by atoms with E-state index in [4.69, 9.17) is 0 Å². The van der Waals surface area contributed by atoms with E-state index in [1.54, 1.807) is 0 Å². The number of hydrogen-bond donors (Lipinski definition) is 0. The highest BCUT2D eigenvalue weighted by Gasteiger charge is 2.24. The zero-order chi connectivity index (χ0) is 12.4. The van der Waals surface area contributed by atoms with Gasteiger partial charge in [0.25, 0.3) is 0 Å². The number of carbonyl (C=O) groups excluding carboxylic acids is 1. The normalized spacial score (nSPS) is 20.9. The molecule has 0 spiro atoms. The highest BCUT2D eigenvalue weighted by atomic mass is 16.1. The summed E-state index contributed by atoms with van der Waals surface area (Å²) in [5.74, 6) is 0.669. The molecule has 1 aliphatic carbocycles. The Hall–Kier alpha value is -1.15. The van der Waals surface area contributed by atoms with Crippen molar-refractivity contribution in [3.63, 3.8) is 0 Å². The number of hydrogen-bond acceptors (Lipinski definition) is 2. The Kier molecular flexibility index (Phi) is 3.46. The molecule has 1 aromatic carbocycles. The summed E-state index contributed by atoms with van der Waals surface area (Å²) in [7, 11) is 0. The molecule has 2 heteroatoms. The maximum Gasteiger partial charge on any atom is 0.165 e. The van der Waals surface area contributed by atoms with Gasteiger partial charge >= 0.3 is 0 Å². The number of ketones is 1. The smallest absolute Gasteiger partial charge is 0.165 e. The van der Waals surface area contributed by atoms with Gasteiger partial charge in [-0.3, -0.25) is 9.69 Å². The SMILES string of the molecule is O=C(c1cccc(CN2CCC2)c1)C1CCCC1. The number of likely N-dealkylation sites (tertiary alicyclic amines) is 1. The first-order valence-corrected chi connectivity index (χ1v) is 7.18. The van der Waals surface area contributed by atoms with Crippen molar-refractivity contribution in [1.82, 2.24) is 4.90 Å². The maximum absolute atomic E-state index is 12.4. The van der Waals surface area contributed by atoms with Crippen LogP contribution in [0, 0.1) is 5.92 Å². The Morgan fingerprint density at radius 3 is 2.61 bits per heavy atom. The second-order valence-electron chi connectivity index (χ2n) is 5.68. The summed E-state index contributed by atoms with van der Waals surface area (Å²) in [6.07, 6.45) is 5.96. The molecule has 3 rings (SSSR count). The van der Waals surface area contributed by atoms with E-state index >= 15 is 0 Å². The average molecular weight is 243 g/mol. The van der Waals surface area contributed by atoms with Crippen LogP contribution in [0.4, 0.5) is 0 Å². The quantitative estimate of drug-likeness (QED) is 0.756. The molecule has 0 N–H and O–H groups in total. The van der Waals surface area contributed by atoms with Gasteiger partial charge in [0.2, 0.25) is 0 Å². The molecule has 1 heterocycles. The summed E-state index contributed by atoms with van der Waals surface area (Å²) in [5, 5.41) is 0. The van der Waals surface area contributed by atoms with Crippen molar-refractivity contribution in [2.45, 2.75) is 38.6 Å². The summed E-state index contributed by atoms with van der Waals surface area (Å²) >= 11 is 0. The van der Waals surface area contributed by atoms with Crippen LogP contribution in [-0.4, -0.2) is 23.8 Å². The lowest BCUT2D eigenvalue weighted by molar-refractivity contribution is 0.0922. The molecular formula is C16H21NO. The van der Waals surface area contributed by atoms with Crippen LogP contribution >= 0.6 is 0 Å². The van der Waals surface area contributed by atoms with E-state index in [1.165, 1.54) is 37.9 Å². The van der Waals surface area contributed by atoms with Gasteiger partial charge < -0.3 is 0 Å². The third-order valence-electron chi connectivity index (χ3n) is 4.29. The minimum absolute atomic E-state index is 0.296. The first kappa shape index (κ1) is 11.9. The lowest BCUT2D eigenvalue weighted by Gasteiger charge is -2.30. The highest BCUT2D eigenvalue weighted by molar-refractivity contribution is 5.98. The third kappa shape index (κ3) is 2.49. The van der Waals surface area contributed by atoms with Crippen molar-refractivity contribution >= 4 is 5.78 Å². The van der Waals surface area contributed by atoms with Gasteiger partial charge in [0, 0.05) is 18.0 Å². The van der Waals surface area contributed by atoms with Crippen LogP contribution in [0.15, 0.2) is 24.3 Å². The predicted molar refractivity (Wildman–Crippen MR) is 72.6 cm³/mol. The van der Waals surface area contributed by atoms with Crippen LogP contribution in [0.1, 0.15) is 48.0 Å². The molecule has 96 valence electrons. The molecule has 0 atom stereocenters. The monoisotopic (exact) mass is 243 g/mol. The Balaban J connectivity index is 1.70. The molecule has 1 aromatic rings. The maximum atomic E-state index is 12.4. The summed E-state index contributed by atoms with van der Waals surface area (Å²) in [5.41, 5.74) is 2.22. The first-order valence-electron chi connectivity index (χ1n) is 7.18. The summed E-state index contributed by atoms with van der Waals surface area (Å²) in [6.45, 7) is 3.42. The van der Waals surface area contributed by atoms with E-state index in [0.717, 1.165) is 24.9 Å². The molecule has 2 aliphatic rings. The zero-order valence-corrected chi connectivity index (χ0v) is 10.9. The molecule has 0 amide bonds. The van der Waals surface area contributed by atoms with Gasteiger partial charge in [0.05, 0.1) is 0 Å². The third-order valence-corrected chi connectivity index (χ3v) is 4.29. The standard InChI is InChI=1S/C16H21NO/c18-16(14-6-1-2-7-14)15-8-3-5-13(11-15)12-17-9-4-10-17/h3,5,8,11,14H,1-2,4,6-7,9-10,12H2. The lowest BCUT2D eigenvalue weighted by Crippen LogP contribution is -2.36. The second-order valence-corrected chi connectivity index (χ2v) is 5.68. The molecule has 0 radical (unpaired) electrons. The van der Waals surface area contributed by atoms with Crippen molar-refractivity contribution in [3.05, 3.63) is 35.4 Å². The molecule has 0 bridgehead atoms. The zero-order valence-electron chi connectivity index (χ0n) is 10.9. The molecular weight excluding hydrogens is 222 g/mol. The molecule has 1 aliphatic heterocycles. The minimum atomic E-state index is 0.296. The Bertz CT molecular complexity index is 430. The van der Waals surface area contributed by atoms with Gasteiger partial charge in [-0.25, -0.2) is 0 Å². The second kappa shape index (κ2) is 5.23. The fourth-order valence-electron chi connectivity index (χ4n) is 3.04. The van der Waals surface area contributed by atoms with Crippen molar-refractivity contribution < 1.29 is 4.79 Å². The molecule has 1 saturated heterocycles. The van der Waals surface area contributed by atoms with Gasteiger partial charge in [-0.1, -0.05) is 31.0 Å². The van der Waals surface area contributed by atoms with Crippen LogP contribution < -0.4 is 0 Å². The van der Waals surface area contributed by atoms with Gasteiger partial charge in [0.1, 0.15) is 0 Å². The molecule has 1 saturated carbocycles. The molecule has 0 unspecified atom stereocenters. The van der Waals surface area contributed by atoms with Crippen LogP contribution in [0.3, 0.4) is 0 Å². The van der Waals surface area contributed by atoms with E-state index in [1.807, 2.05) is 12.1 Å². The van der Waals surface area contributed by atoms with E-state index in [2.05, 4.69) is 17.0 Å². The number of benzene rings is 1. The minimum Gasteiger partial charge on any atom is -0.299 e. The number of carbonyl (C=O) groups is 1. The van der Waals surface area contributed by atoms with Crippen molar-refractivity contribution in [1.29, 1.82) is 0 Å². The molecule has 2 nitrogen and oxygen atoms in total. The van der Waals surface area contributed by atoms with E-state index < -0.39 is 0 Å². The summed E-state index contributed by atoms with van der Waals surface area (Å²) < 4.78 is 0. The van der Waals surface area contributed by atoms with Gasteiger partial charge in [0.15, 0.2) is 5.78 Å². The number of rotatable bonds is 4. The highest BCUT2D eigenvalue weighted by Crippen LogP contribution is 2.28. The van der Waals surface area contributed by atoms with Crippen LogP contribution in [0.2, 0.25) is 0 Å². The van der Waals surface area contributed by atoms with Gasteiger partial charge in [-0.2, -0.15) is 0 Å². The van der Waals surface area contributed by atoms with E-state index in [0.29, 0.717) is 11.7 Å². The fourth-order valence-corrected chi connectivity index (χ4v) is 3.04. The fraction of sp³-hybridized carbons (Fsp3) is 0.562. The Labute approximate surface area is 109 Å². The topological polar surface area (TPSA) is 20.3 Å². The first-order chi connectivity index (χ1) is 8.83. The Morgan fingerprint density at radius 1 is 1.17 bits per heavy atom. The largest absolute Gasteiger partial charge is 0.299 e. The number of nitrogens with zero attached hydrogens (tertiary/aromatic N) is 1. The van der Waals surface area contributed by atoms with E-state index in [-0.39, 0.29) is 0 Å². The Morgan fingerprint density at radius 2 is 1.94 bits per heavy atom. The van der Waals surface area contributed by atoms with Crippen LogP contribution in [0.25, 0.3) is 0 Å². The summed E-state index contributed by atoms with van der Waals surface area (Å²) in [6, 6.07) is 8.28. The van der Waals surface area contributed by atoms with Crippen molar-refractivity contribution in [2.24, 2.45) is 5.92 Å². The summed E-state index contributed by atoms with van der Waals surface area (Å²) in [4.78, 5) is 14.8. The van der Waals surface area contributed by atoms with Crippen LogP contribution in [0.5, 0.6) is 0 Å². The van der Waals surface area contributed by atoms with Crippen molar-refractivity contribution in [2.75, 3.05) is 13.1 Å². The van der Waals surface area contributed by atoms with E-state index in [9.17, 15) is 4.79 Å². The van der Waals surface area contributed by atoms with Crippen LogP contribution in [-0.2, 0) is 6.54 Å². The van der Waals surface area contributed by atoms with Crippen molar-refractivity contribution in [3.8, 4) is 0 Å². The van der Waals surface area contributed by atoms with Gasteiger partial charge in [-0.05, 0) is 44.0 Å². The predicted octanol–water partition coefficient (Wildman–Crippen LogP) is 3.27. The molecule has 18 heavy (non-hydrogen) atoms. The molecule has 0 aromatic heterocycles. The average Bonchev–Trinajstić information content (AvgIpc) is 2.87. The van der Waals surface area contributed by atoms with Gasteiger partial charge in [-0.15, -0.1) is 0 Å². The molecule has 2 fully saturated rings. The lowest BCUT2D eigenvalue weighted by atomic mass is 9.95. The number of Topliss-reactive ketones (excluding diaryl/α,β-unsaturated/α-hetero) is 1.